The average Bonchev–Trinajstić information content (AvgIpc) is 2.94. The molecule has 0 aliphatic carbocycles. The molecule has 3 nitrogen and oxygen atoms in total. The van der Waals surface area contributed by atoms with Crippen LogP contribution in [0, 0.1) is 5.82 Å². The molecule has 0 radical (unpaired) electrons. The van der Waals surface area contributed by atoms with Crippen molar-refractivity contribution in [1.82, 2.24) is 9.55 Å². The molecule has 1 aromatic carbocycles. The Balaban J connectivity index is 2.00. The molecule has 2 heterocycles. The van der Waals surface area contributed by atoms with Gasteiger partial charge in [0.2, 0.25) is 0 Å². The number of fused-ring (bicyclic) bond motifs is 1. The van der Waals surface area contributed by atoms with E-state index in [4.69, 9.17) is 23.2 Å². The first-order valence-corrected chi connectivity index (χ1v) is 8.60. The molecular weight excluding hydrogens is 367 g/mol. The van der Waals surface area contributed by atoms with E-state index in [2.05, 4.69) is 10.3 Å². The smallest absolute Gasteiger partial charge is 0.139 e. The fourth-order valence-corrected chi connectivity index (χ4v) is 3.16. The SMILES string of the molecule is CCC(C)(F)Cn1ccc2c(Nc3c(Cl)cc(F)cc3Cl)nccc21. The summed E-state index contributed by atoms with van der Waals surface area (Å²) in [5.41, 5.74) is -0.0857. The first-order valence-electron chi connectivity index (χ1n) is 7.85. The van der Waals surface area contributed by atoms with Crippen LogP contribution < -0.4 is 5.32 Å². The number of anilines is 2. The predicted octanol–water partition coefficient (Wildman–Crippen LogP) is 6.36. The van der Waals surface area contributed by atoms with Crippen molar-refractivity contribution in [2.75, 3.05) is 5.32 Å². The number of benzene rings is 1. The molecule has 0 saturated carbocycles. The number of pyridine rings is 1. The first kappa shape index (κ1) is 18.0. The summed E-state index contributed by atoms with van der Waals surface area (Å²) < 4.78 is 29.6. The van der Waals surface area contributed by atoms with Gasteiger partial charge < -0.3 is 9.88 Å². The van der Waals surface area contributed by atoms with Gasteiger partial charge in [-0.15, -0.1) is 0 Å². The highest BCUT2D eigenvalue weighted by atomic mass is 35.5. The molecule has 0 fully saturated rings. The molecule has 2 aromatic heterocycles. The molecule has 1 unspecified atom stereocenters. The van der Waals surface area contributed by atoms with Crippen molar-refractivity contribution in [2.24, 2.45) is 0 Å². The number of hydrogen-bond donors (Lipinski definition) is 1. The second kappa shape index (κ2) is 6.81. The van der Waals surface area contributed by atoms with Gasteiger partial charge in [0, 0.05) is 17.8 Å². The highest BCUT2D eigenvalue weighted by Crippen LogP contribution is 2.35. The molecular formula is C18H17Cl2F2N3. The molecule has 132 valence electrons. The minimum Gasteiger partial charge on any atom is -0.344 e. The van der Waals surface area contributed by atoms with Crippen molar-refractivity contribution >= 4 is 45.6 Å². The van der Waals surface area contributed by atoms with E-state index in [-0.39, 0.29) is 16.6 Å². The number of halogens is 4. The Hall–Kier alpha value is -1.85. The van der Waals surface area contributed by atoms with Crippen molar-refractivity contribution in [3.63, 3.8) is 0 Å². The standard InChI is InChI=1S/C18H17Cl2F2N3/c1-3-18(2,22)10-25-7-5-12-15(25)4-6-23-17(12)24-16-13(19)8-11(21)9-14(16)20/h4-9H,3,10H2,1-2H3,(H,23,24). The lowest BCUT2D eigenvalue weighted by Crippen LogP contribution is -2.23. The molecule has 1 atom stereocenters. The van der Waals surface area contributed by atoms with Gasteiger partial charge in [0.15, 0.2) is 0 Å². The Morgan fingerprint density at radius 2 is 1.92 bits per heavy atom. The Kier molecular flexibility index (Phi) is 4.89. The van der Waals surface area contributed by atoms with Crippen molar-refractivity contribution in [3.8, 4) is 0 Å². The van der Waals surface area contributed by atoms with Gasteiger partial charge in [-0.1, -0.05) is 30.1 Å². The van der Waals surface area contributed by atoms with E-state index < -0.39 is 11.5 Å². The van der Waals surface area contributed by atoms with Crippen LogP contribution in [0.2, 0.25) is 10.0 Å². The van der Waals surface area contributed by atoms with Gasteiger partial charge >= 0.3 is 0 Å². The Labute approximate surface area is 154 Å². The van der Waals surface area contributed by atoms with Crippen LogP contribution in [0.3, 0.4) is 0 Å². The van der Waals surface area contributed by atoms with Crippen LogP contribution in [0.5, 0.6) is 0 Å². The molecule has 0 spiro atoms. The molecule has 7 heteroatoms. The number of nitrogens with one attached hydrogen (secondary N) is 1. The van der Waals surface area contributed by atoms with Crippen LogP contribution in [0.25, 0.3) is 10.9 Å². The molecule has 25 heavy (non-hydrogen) atoms. The Morgan fingerprint density at radius 3 is 2.56 bits per heavy atom. The summed E-state index contributed by atoms with van der Waals surface area (Å²) in [6.45, 7) is 3.64. The van der Waals surface area contributed by atoms with Gasteiger partial charge in [-0.3, -0.25) is 0 Å². The van der Waals surface area contributed by atoms with E-state index >= 15 is 0 Å². The van der Waals surface area contributed by atoms with Gasteiger partial charge in [-0.05, 0) is 37.6 Å². The summed E-state index contributed by atoms with van der Waals surface area (Å²) in [5.74, 6) is 0.00313. The van der Waals surface area contributed by atoms with Gasteiger partial charge in [0.05, 0.1) is 27.8 Å². The summed E-state index contributed by atoms with van der Waals surface area (Å²) in [4.78, 5) is 4.31. The molecule has 0 amide bonds. The molecule has 0 saturated heterocycles. The maximum absolute atomic E-state index is 14.4. The second-order valence-corrected chi connectivity index (χ2v) is 6.99. The highest BCUT2D eigenvalue weighted by molar-refractivity contribution is 6.39. The Bertz CT molecular complexity index is 899. The lowest BCUT2D eigenvalue weighted by atomic mass is 10.1. The van der Waals surface area contributed by atoms with E-state index in [0.29, 0.717) is 17.9 Å². The van der Waals surface area contributed by atoms with E-state index in [0.717, 1.165) is 10.9 Å². The van der Waals surface area contributed by atoms with E-state index in [1.54, 1.807) is 13.1 Å². The third-order valence-corrected chi connectivity index (χ3v) is 4.78. The summed E-state index contributed by atoms with van der Waals surface area (Å²) in [5, 5.41) is 4.17. The summed E-state index contributed by atoms with van der Waals surface area (Å²) in [6, 6.07) is 6.02. The Morgan fingerprint density at radius 1 is 1.24 bits per heavy atom. The largest absolute Gasteiger partial charge is 0.344 e. The zero-order chi connectivity index (χ0) is 18.2. The quantitative estimate of drug-likeness (QED) is 0.554. The highest BCUT2D eigenvalue weighted by Gasteiger charge is 2.22. The maximum Gasteiger partial charge on any atom is 0.139 e. The lowest BCUT2D eigenvalue weighted by molar-refractivity contribution is 0.157. The van der Waals surface area contributed by atoms with Gasteiger partial charge in [0.25, 0.3) is 0 Å². The average molecular weight is 384 g/mol. The lowest BCUT2D eigenvalue weighted by Gasteiger charge is -2.19. The van der Waals surface area contributed by atoms with Crippen LogP contribution in [0.4, 0.5) is 20.3 Å². The van der Waals surface area contributed by atoms with Gasteiger partial charge in [0.1, 0.15) is 17.3 Å². The van der Waals surface area contributed by atoms with Crippen LogP contribution in [0.15, 0.2) is 36.7 Å². The minimum atomic E-state index is -1.30. The van der Waals surface area contributed by atoms with Gasteiger partial charge in [-0.2, -0.15) is 0 Å². The normalized spacial score (nSPS) is 13.8. The zero-order valence-corrected chi connectivity index (χ0v) is 15.3. The molecule has 3 aromatic rings. The van der Waals surface area contributed by atoms with Crippen LogP contribution in [-0.2, 0) is 6.54 Å². The maximum atomic E-state index is 14.4. The van der Waals surface area contributed by atoms with Crippen LogP contribution in [0.1, 0.15) is 20.3 Å². The van der Waals surface area contributed by atoms with Crippen molar-refractivity contribution in [1.29, 1.82) is 0 Å². The number of rotatable bonds is 5. The number of nitrogens with zero attached hydrogens (tertiary/aromatic N) is 2. The van der Waals surface area contributed by atoms with Crippen molar-refractivity contribution < 1.29 is 8.78 Å². The molecule has 0 bridgehead atoms. The predicted molar refractivity (Wildman–Crippen MR) is 99.2 cm³/mol. The third-order valence-electron chi connectivity index (χ3n) is 4.19. The number of hydrogen-bond acceptors (Lipinski definition) is 2. The third kappa shape index (κ3) is 3.72. The number of alkyl halides is 1. The minimum absolute atomic E-state index is 0.158. The van der Waals surface area contributed by atoms with Crippen molar-refractivity contribution in [2.45, 2.75) is 32.5 Å². The monoisotopic (exact) mass is 383 g/mol. The fourth-order valence-electron chi connectivity index (χ4n) is 2.61. The summed E-state index contributed by atoms with van der Waals surface area (Å²) in [7, 11) is 0. The first-order chi connectivity index (χ1) is 11.8. The fraction of sp³-hybridized carbons (Fsp3) is 0.278. The summed E-state index contributed by atoms with van der Waals surface area (Å²) in [6.07, 6.45) is 3.86. The van der Waals surface area contributed by atoms with E-state index in [9.17, 15) is 8.78 Å². The molecule has 3 rings (SSSR count). The molecule has 0 aliphatic rings. The zero-order valence-electron chi connectivity index (χ0n) is 13.8. The van der Waals surface area contributed by atoms with Gasteiger partial charge in [-0.25, -0.2) is 13.8 Å². The van der Waals surface area contributed by atoms with Crippen molar-refractivity contribution in [3.05, 3.63) is 52.5 Å². The summed E-state index contributed by atoms with van der Waals surface area (Å²) >= 11 is 12.2. The second-order valence-electron chi connectivity index (χ2n) is 6.17. The van der Waals surface area contributed by atoms with E-state index in [1.165, 1.54) is 12.1 Å². The van der Waals surface area contributed by atoms with E-state index in [1.807, 2.05) is 29.8 Å². The topological polar surface area (TPSA) is 29.9 Å². The van der Waals surface area contributed by atoms with Crippen LogP contribution in [-0.4, -0.2) is 15.2 Å². The molecule has 0 aliphatic heterocycles. The number of aromatic nitrogens is 2. The molecule has 1 N–H and O–H groups in total. The van der Waals surface area contributed by atoms with Crippen LogP contribution >= 0.6 is 23.2 Å².